The topological polar surface area (TPSA) is 36.7 Å². The van der Waals surface area contributed by atoms with Gasteiger partial charge in [0.15, 0.2) is 0 Å². The number of likely N-dealkylation sites (tertiary alicyclic amines) is 1. The molecule has 5 nitrogen and oxygen atoms in total. The number of alkyl halides is 1. The Labute approximate surface area is 150 Å². The lowest BCUT2D eigenvalue weighted by Crippen LogP contribution is -2.38. The van der Waals surface area contributed by atoms with E-state index in [4.69, 9.17) is 0 Å². The highest BCUT2D eigenvalue weighted by atomic mass is 32.1. The van der Waals surface area contributed by atoms with E-state index >= 15 is 0 Å². The van der Waals surface area contributed by atoms with Gasteiger partial charge in [-0.2, -0.15) is 0 Å². The van der Waals surface area contributed by atoms with Gasteiger partial charge in [-0.25, -0.2) is 14.4 Å². The first-order valence-electron chi connectivity index (χ1n) is 8.55. The molecule has 0 aliphatic carbocycles. The van der Waals surface area contributed by atoms with Crippen molar-refractivity contribution in [1.29, 1.82) is 0 Å². The van der Waals surface area contributed by atoms with Gasteiger partial charge in [-0.1, -0.05) is 6.07 Å². The van der Waals surface area contributed by atoms with E-state index in [0.717, 1.165) is 31.1 Å². The summed E-state index contributed by atoms with van der Waals surface area (Å²) < 4.78 is 16.0. The second kappa shape index (κ2) is 7.19. The molecule has 0 bridgehead atoms. The van der Waals surface area contributed by atoms with E-state index in [1.165, 1.54) is 4.88 Å². The van der Waals surface area contributed by atoms with Gasteiger partial charge >= 0.3 is 0 Å². The number of likely N-dealkylation sites (N-methyl/N-ethyl adjacent to an activating group) is 1. The number of thiophene rings is 1. The van der Waals surface area contributed by atoms with Crippen LogP contribution in [-0.2, 0) is 13.1 Å². The van der Waals surface area contributed by atoms with Crippen molar-refractivity contribution in [3.63, 3.8) is 0 Å². The molecule has 3 aromatic heterocycles. The molecule has 25 heavy (non-hydrogen) atoms. The van der Waals surface area contributed by atoms with Crippen molar-refractivity contribution in [2.45, 2.75) is 31.7 Å². The molecule has 0 amide bonds. The van der Waals surface area contributed by atoms with Crippen LogP contribution in [0.25, 0.3) is 5.78 Å². The third-order valence-electron chi connectivity index (χ3n) is 4.74. The van der Waals surface area contributed by atoms with Gasteiger partial charge in [0.2, 0.25) is 5.78 Å². The molecule has 0 spiro atoms. The van der Waals surface area contributed by atoms with Crippen molar-refractivity contribution in [3.05, 3.63) is 52.7 Å². The Morgan fingerprint density at radius 2 is 2.28 bits per heavy atom. The minimum atomic E-state index is -0.724. The SMILES string of the molecule is CN(Cc1cnc2ncccn12)C[C@@H]1C[C@H](F)CN1Cc1cccs1. The minimum Gasteiger partial charge on any atom is -0.299 e. The zero-order valence-electron chi connectivity index (χ0n) is 14.3. The summed E-state index contributed by atoms with van der Waals surface area (Å²) in [4.78, 5) is 14.4. The van der Waals surface area contributed by atoms with Gasteiger partial charge in [-0.15, -0.1) is 11.3 Å². The summed E-state index contributed by atoms with van der Waals surface area (Å²) >= 11 is 1.74. The highest BCUT2D eigenvalue weighted by Crippen LogP contribution is 2.25. The number of rotatable bonds is 6. The molecule has 132 valence electrons. The highest BCUT2D eigenvalue weighted by Gasteiger charge is 2.32. The normalized spacial score (nSPS) is 21.6. The molecule has 3 aromatic rings. The molecule has 1 fully saturated rings. The maximum atomic E-state index is 14.0. The van der Waals surface area contributed by atoms with Crippen LogP contribution in [0.4, 0.5) is 4.39 Å². The molecule has 0 radical (unpaired) electrons. The molecule has 0 aromatic carbocycles. The molecule has 0 unspecified atom stereocenters. The zero-order valence-corrected chi connectivity index (χ0v) is 15.1. The molecule has 7 heteroatoms. The molecule has 4 heterocycles. The second-order valence-corrected chi connectivity index (χ2v) is 7.76. The van der Waals surface area contributed by atoms with Crippen LogP contribution in [0, 0.1) is 0 Å². The summed E-state index contributed by atoms with van der Waals surface area (Å²) in [7, 11) is 2.09. The monoisotopic (exact) mass is 359 g/mol. The third kappa shape index (κ3) is 3.73. The predicted molar refractivity (Wildman–Crippen MR) is 97.4 cm³/mol. The van der Waals surface area contributed by atoms with Crippen LogP contribution in [0.5, 0.6) is 0 Å². The highest BCUT2D eigenvalue weighted by molar-refractivity contribution is 7.09. The van der Waals surface area contributed by atoms with Gasteiger partial charge in [-0.05, 0) is 31.0 Å². The smallest absolute Gasteiger partial charge is 0.233 e. The molecule has 2 atom stereocenters. The number of hydrogen-bond acceptors (Lipinski definition) is 5. The van der Waals surface area contributed by atoms with Crippen LogP contribution in [0.1, 0.15) is 17.0 Å². The average molecular weight is 359 g/mol. The second-order valence-electron chi connectivity index (χ2n) is 6.73. The van der Waals surface area contributed by atoms with Gasteiger partial charge in [0.05, 0.1) is 11.9 Å². The van der Waals surface area contributed by atoms with Crippen LogP contribution < -0.4 is 0 Å². The fourth-order valence-corrected chi connectivity index (χ4v) is 4.33. The Balaban J connectivity index is 1.41. The first-order valence-corrected chi connectivity index (χ1v) is 9.43. The van der Waals surface area contributed by atoms with Crippen molar-refractivity contribution in [1.82, 2.24) is 24.2 Å². The Morgan fingerprint density at radius 1 is 1.36 bits per heavy atom. The van der Waals surface area contributed by atoms with Crippen LogP contribution in [0.2, 0.25) is 0 Å². The number of imidazole rings is 1. The summed E-state index contributed by atoms with van der Waals surface area (Å²) in [6.45, 7) is 3.00. The van der Waals surface area contributed by atoms with Crippen LogP contribution in [0.15, 0.2) is 42.2 Å². The van der Waals surface area contributed by atoms with E-state index in [1.807, 2.05) is 22.9 Å². The number of aromatic nitrogens is 3. The molecule has 0 saturated carbocycles. The quantitative estimate of drug-likeness (QED) is 0.678. The van der Waals surface area contributed by atoms with Gasteiger partial charge in [0.1, 0.15) is 6.17 Å². The molecular weight excluding hydrogens is 337 g/mol. The lowest BCUT2D eigenvalue weighted by Gasteiger charge is -2.27. The van der Waals surface area contributed by atoms with Crippen LogP contribution >= 0.6 is 11.3 Å². The lowest BCUT2D eigenvalue weighted by atomic mass is 10.2. The van der Waals surface area contributed by atoms with Crippen molar-refractivity contribution in [3.8, 4) is 0 Å². The molecular formula is C18H22FN5S. The number of halogens is 1. The van der Waals surface area contributed by atoms with Gasteiger partial charge in [0, 0.05) is 49.5 Å². The Hall–Kier alpha value is -1.83. The van der Waals surface area contributed by atoms with Gasteiger partial charge < -0.3 is 0 Å². The zero-order chi connectivity index (χ0) is 17.2. The van der Waals surface area contributed by atoms with Gasteiger partial charge in [0.25, 0.3) is 0 Å². The van der Waals surface area contributed by atoms with Crippen molar-refractivity contribution in [2.75, 3.05) is 20.1 Å². The standard InChI is InChI=1S/C18H22FN5S/c1-22(12-16-9-21-18-20-5-3-6-24(16)18)11-15-8-14(19)10-23(15)13-17-4-2-7-25-17/h2-7,9,14-15H,8,10-13H2,1H3/t14-,15-/m0/s1. The van der Waals surface area contributed by atoms with Crippen molar-refractivity contribution < 1.29 is 4.39 Å². The van der Waals surface area contributed by atoms with Crippen molar-refractivity contribution >= 4 is 17.1 Å². The summed E-state index contributed by atoms with van der Waals surface area (Å²) in [6.07, 6.45) is 5.49. The number of hydrogen-bond donors (Lipinski definition) is 0. The lowest BCUT2D eigenvalue weighted by molar-refractivity contribution is 0.181. The fraction of sp³-hybridized carbons (Fsp3) is 0.444. The average Bonchev–Trinajstić information content (AvgIpc) is 3.31. The first-order chi connectivity index (χ1) is 12.2. The summed E-state index contributed by atoms with van der Waals surface area (Å²) in [5.41, 5.74) is 1.10. The van der Waals surface area contributed by atoms with Gasteiger partial charge in [-0.3, -0.25) is 14.2 Å². The van der Waals surface area contributed by atoms with Crippen LogP contribution in [-0.4, -0.2) is 56.5 Å². The molecule has 1 saturated heterocycles. The van der Waals surface area contributed by atoms with E-state index in [1.54, 1.807) is 17.5 Å². The first kappa shape index (κ1) is 16.6. The number of nitrogens with zero attached hydrogens (tertiary/aromatic N) is 5. The Kier molecular flexibility index (Phi) is 4.78. The molecule has 1 aliphatic rings. The number of fused-ring (bicyclic) bond motifs is 1. The maximum absolute atomic E-state index is 14.0. The van der Waals surface area contributed by atoms with E-state index < -0.39 is 6.17 Å². The van der Waals surface area contributed by atoms with Crippen molar-refractivity contribution in [2.24, 2.45) is 0 Å². The summed E-state index contributed by atoms with van der Waals surface area (Å²) in [5, 5.41) is 2.08. The Morgan fingerprint density at radius 3 is 3.12 bits per heavy atom. The molecule has 4 rings (SSSR count). The predicted octanol–water partition coefficient (Wildman–Crippen LogP) is 2.84. The van der Waals surface area contributed by atoms with E-state index in [0.29, 0.717) is 13.0 Å². The van der Waals surface area contributed by atoms with Crippen LogP contribution in [0.3, 0.4) is 0 Å². The fourth-order valence-electron chi connectivity index (χ4n) is 3.60. The van der Waals surface area contributed by atoms with E-state index in [9.17, 15) is 4.39 Å². The summed E-state index contributed by atoms with van der Waals surface area (Å²) in [5.74, 6) is 0.718. The maximum Gasteiger partial charge on any atom is 0.233 e. The van der Waals surface area contributed by atoms with E-state index in [2.05, 4.69) is 44.3 Å². The molecule has 0 N–H and O–H groups in total. The molecule has 1 aliphatic heterocycles. The minimum absolute atomic E-state index is 0.249. The largest absolute Gasteiger partial charge is 0.299 e. The summed E-state index contributed by atoms with van der Waals surface area (Å²) in [6, 6.07) is 6.34. The van der Waals surface area contributed by atoms with E-state index in [-0.39, 0.29) is 6.04 Å². The third-order valence-corrected chi connectivity index (χ3v) is 5.60. The Bertz CT molecular complexity index is 818.